The van der Waals surface area contributed by atoms with E-state index in [2.05, 4.69) is 74.4 Å². The standard InChI is InChI=1S/C44H79NO2/c1-4-6-8-10-12-14-16-18-20-21-23-25-27-29-31-33-37-44(46-41-43(47-44)40-42-34-38-45(3)39-35-42)36-32-30-28-26-24-22-19-17-15-13-11-9-7-5-2/h12-15,17-20,42-43H,4-11,16,21-41H2,1-3H3/b14-12-,15-13+,19-17+,20-18-. The van der Waals surface area contributed by atoms with Gasteiger partial charge in [-0.1, -0.05) is 133 Å². The van der Waals surface area contributed by atoms with Crippen LogP contribution < -0.4 is 0 Å². The zero-order chi connectivity index (χ0) is 33.5. The molecule has 47 heavy (non-hydrogen) atoms. The number of piperidine rings is 1. The summed E-state index contributed by atoms with van der Waals surface area (Å²) in [5, 5.41) is 0. The van der Waals surface area contributed by atoms with E-state index < -0.39 is 0 Å². The number of nitrogens with zero attached hydrogens (tertiary/aromatic N) is 1. The van der Waals surface area contributed by atoms with Gasteiger partial charge in [0, 0.05) is 12.8 Å². The molecule has 3 heteroatoms. The molecule has 2 aliphatic rings. The predicted octanol–water partition coefficient (Wildman–Crippen LogP) is 13.5. The number of hydrogen-bond acceptors (Lipinski definition) is 3. The summed E-state index contributed by atoms with van der Waals surface area (Å²) < 4.78 is 13.4. The molecule has 0 bridgehead atoms. The number of unbranched alkanes of at least 4 members (excludes halogenated alkanes) is 17. The normalized spacial score (nSPS) is 21.6. The Morgan fingerprint density at radius 3 is 1.57 bits per heavy atom. The minimum Gasteiger partial charge on any atom is -0.347 e. The first-order chi connectivity index (χ1) is 23.2. The Bertz CT molecular complexity index is 808. The van der Waals surface area contributed by atoms with E-state index in [0.29, 0.717) is 6.10 Å². The van der Waals surface area contributed by atoms with E-state index in [1.807, 2.05) is 0 Å². The van der Waals surface area contributed by atoms with Crippen LogP contribution in [0.25, 0.3) is 0 Å². The molecule has 0 spiro atoms. The van der Waals surface area contributed by atoms with Gasteiger partial charge in [-0.25, -0.2) is 0 Å². The molecule has 272 valence electrons. The van der Waals surface area contributed by atoms with E-state index in [1.54, 1.807) is 0 Å². The lowest BCUT2D eigenvalue weighted by Crippen LogP contribution is -2.33. The molecule has 2 fully saturated rings. The number of hydrogen-bond donors (Lipinski definition) is 0. The van der Waals surface area contributed by atoms with Crippen molar-refractivity contribution in [3.05, 3.63) is 48.6 Å². The van der Waals surface area contributed by atoms with Crippen LogP contribution in [0.2, 0.25) is 0 Å². The van der Waals surface area contributed by atoms with Crippen molar-refractivity contribution in [3.8, 4) is 0 Å². The van der Waals surface area contributed by atoms with Gasteiger partial charge in [-0.2, -0.15) is 0 Å². The van der Waals surface area contributed by atoms with Crippen molar-refractivity contribution < 1.29 is 9.47 Å². The summed E-state index contributed by atoms with van der Waals surface area (Å²) in [6.07, 6.45) is 53.4. The van der Waals surface area contributed by atoms with Crippen LogP contribution in [0, 0.1) is 5.92 Å². The molecule has 0 radical (unpaired) electrons. The minimum atomic E-state index is -0.308. The fraction of sp³-hybridized carbons (Fsp3) is 0.818. The van der Waals surface area contributed by atoms with Crippen molar-refractivity contribution in [2.75, 3.05) is 26.7 Å². The topological polar surface area (TPSA) is 21.7 Å². The molecule has 2 heterocycles. The van der Waals surface area contributed by atoms with Gasteiger partial charge in [0.2, 0.25) is 0 Å². The molecule has 2 saturated heterocycles. The molecule has 2 atom stereocenters. The lowest BCUT2D eigenvalue weighted by Gasteiger charge is -2.31. The first-order valence-corrected chi connectivity index (χ1v) is 20.8. The van der Waals surface area contributed by atoms with Crippen LogP contribution >= 0.6 is 0 Å². The van der Waals surface area contributed by atoms with Gasteiger partial charge in [0.1, 0.15) is 0 Å². The Morgan fingerprint density at radius 2 is 1.04 bits per heavy atom. The molecule has 0 aliphatic carbocycles. The summed E-state index contributed by atoms with van der Waals surface area (Å²) in [5.41, 5.74) is 0. The van der Waals surface area contributed by atoms with Gasteiger partial charge in [-0.3, -0.25) is 0 Å². The third kappa shape index (κ3) is 23.0. The average molecular weight is 654 g/mol. The monoisotopic (exact) mass is 654 g/mol. The van der Waals surface area contributed by atoms with Crippen molar-refractivity contribution in [2.24, 2.45) is 5.92 Å². The molecule has 2 aliphatic heterocycles. The Morgan fingerprint density at radius 1 is 0.574 bits per heavy atom. The van der Waals surface area contributed by atoms with E-state index in [1.165, 1.54) is 167 Å². The smallest absolute Gasteiger partial charge is 0.168 e. The van der Waals surface area contributed by atoms with Gasteiger partial charge in [-0.15, -0.1) is 0 Å². The van der Waals surface area contributed by atoms with Crippen LogP contribution in [0.3, 0.4) is 0 Å². The van der Waals surface area contributed by atoms with Gasteiger partial charge in [0.25, 0.3) is 0 Å². The van der Waals surface area contributed by atoms with E-state index in [0.717, 1.165) is 31.8 Å². The van der Waals surface area contributed by atoms with Crippen molar-refractivity contribution >= 4 is 0 Å². The van der Waals surface area contributed by atoms with Crippen molar-refractivity contribution in [2.45, 2.75) is 199 Å². The maximum absolute atomic E-state index is 6.85. The Labute approximate surface area is 294 Å². The molecule has 0 N–H and O–H groups in total. The molecule has 0 aromatic rings. The second-order valence-electron chi connectivity index (χ2n) is 14.9. The number of allylic oxidation sites excluding steroid dienone is 8. The fourth-order valence-electron chi connectivity index (χ4n) is 7.22. The van der Waals surface area contributed by atoms with Gasteiger partial charge >= 0.3 is 0 Å². The van der Waals surface area contributed by atoms with E-state index in [-0.39, 0.29) is 5.79 Å². The first-order valence-electron chi connectivity index (χ1n) is 20.8. The van der Waals surface area contributed by atoms with Crippen molar-refractivity contribution in [1.82, 2.24) is 4.90 Å². The average Bonchev–Trinajstić information content (AvgIpc) is 3.48. The lowest BCUT2D eigenvalue weighted by molar-refractivity contribution is -0.181. The molecule has 2 unspecified atom stereocenters. The van der Waals surface area contributed by atoms with E-state index in [4.69, 9.17) is 9.47 Å². The van der Waals surface area contributed by atoms with Gasteiger partial charge < -0.3 is 14.4 Å². The lowest BCUT2D eigenvalue weighted by atomic mass is 9.91. The summed E-state index contributed by atoms with van der Waals surface area (Å²) in [6, 6.07) is 0. The highest BCUT2D eigenvalue weighted by atomic mass is 16.7. The van der Waals surface area contributed by atoms with Crippen LogP contribution in [0.1, 0.15) is 187 Å². The minimum absolute atomic E-state index is 0.306. The highest BCUT2D eigenvalue weighted by Gasteiger charge is 2.41. The summed E-state index contributed by atoms with van der Waals surface area (Å²) in [4.78, 5) is 2.47. The Kier molecular flexibility index (Phi) is 26.6. The maximum Gasteiger partial charge on any atom is 0.168 e. The van der Waals surface area contributed by atoms with Gasteiger partial charge in [0.15, 0.2) is 5.79 Å². The van der Waals surface area contributed by atoms with Crippen LogP contribution in [-0.2, 0) is 9.47 Å². The summed E-state index contributed by atoms with van der Waals surface area (Å²) in [5.74, 6) is 0.500. The highest BCUT2D eigenvalue weighted by molar-refractivity contribution is 5.02. The van der Waals surface area contributed by atoms with Crippen LogP contribution in [0.15, 0.2) is 48.6 Å². The summed E-state index contributed by atoms with van der Waals surface area (Å²) >= 11 is 0. The molecule has 0 aromatic heterocycles. The second kappa shape index (κ2) is 29.7. The van der Waals surface area contributed by atoms with Crippen molar-refractivity contribution in [1.29, 1.82) is 0 Å². The van der Waals surface area contributed by atoms with Crippen LogP contribution in [0.4, 0.5) is 0 Å². The fourth-order valence-corrected chi connectivity index (χ4v) is 7.22. The first kappa shape index (κ1) is 42.0. The summed E-state index contributed by atoms with van der Waals surface area (Å²) in [7, 11) is 2.26. The SMILES string of the molecule is CCCCC/C=C\C/C=C\CCCCCCCCC1(CCCCCCC/C=C/C=C/CCCCC)OCC(CC2CCN(C)CC2)O1. The Hall–Kier alpha value is -1.16. The highest BCUT2D eigenvalue weighted by Crippen LogP contribution is 2.37. The molecule has 2 rings (SSSR count). The zero-order valence-electron chi connectivity index (χ0n) is 31.8. The van der Waals surface area contributed by atoms with Gasteiger partial charge in [0.05, 0.1) is 12.7 Å². The Balaban J connectivity index is 1.60. The third-order valence-electron chi connectivity index (χ3n) is 10.4. The van der Waals surface area contributed by atoms with Crippen LogP contribution in [0.5, 0.6) is 0 Å². The maximum atomic E-state index is 6.85. The molecule has 0 amide bonds. The largest absolute Gasteiger partial charge is 0.347 e. The zero-order valence-corrected chi connectivity index (χ0v) is 31.8. The predicted molar refractivity (Wildman–Crippen MR) is 207 cm³/mol. The third-order valence-corrected chi connectivity index (χ3v) is 10.4. The molecule has 3 nitrogen and oxygen atoms in total. The van der Waals surface area contributed by atoms with E-state index >= 15 is 0 Å². The van der Waals surface area contributed by atoms with Crippen molar-refractivity contribution in [3.63, 3.8) is 0 Å². The molecule has 0 saturated carbocycles. The van der Waals surface area contributed by atoms with Gasteiger partial charge in [-0.05, 0) is 116 Å². The van der Waals surface area contributed by atoms with E-state index in [9.17, 15) is 0 Å². The number of ether oxygens (including phenoxy) is 2. The molecular formula is C44H79NO2. The summed E-state index contributed by atoms with van der Waals surface area (Å²) in [6.45, 7) is 7.83. The number of rotatable bonds is 30. The quantitative estimate of drug-likeness (QED) is 0.0437. The van der Waals surface area contributed by atoms with Crippen LogP contribution in [-0.4, -0.2) is 43.5 Å². The number of likely N-dealkylation sites (tertiary alicyclic amines) is 1. The molecular weight excluding hydrogens is 574 g/mol. The second-order valence-corrected chi connectivity index (χ2v) is 14.9. The molecule has 0 aromatic carbocycles.